The van der Waals surface area contributed by atoms with Crippen LogP contribution in [0.1, 0.15) is 203 Å². The summed E-state index contributed by atoms with van der Waals surface area (Å²) in [5.41, 5.74) is 16.5. The summed E-state index contributed by atoms with van der Waals surface area (Å²) in [5, 5.41) is 0. The Hall–Kier alpha value is -2.78. The molecule has 0 aliphatic carbocycles. The van der Waals surface area contributed by atoms with E-state index in [1.54, 1.807) is 0 Å². The average Bonchev–Trinajstić information content (AvgIpc) is 3.10. The van der Waals surface area contributed by atoms with Crippen LogP contribution in [0.3, 0.4) is 0 Å². The third-order valence-corrected chi connectivity index (χ3v) is 11.3. The van der Waals surface area contributed by atoms with Gasteiger partial charge in [0, 0.05) is 44.5 Å². The Balaban J connectivity index is 0.00000812. The molecule has 0 unspecified atom stereocenters. The van der Waals surface area contributed by atoms with Crippen LogP contribution in [0.5, 0.6) is 0 Å². The molecule has 0 aliphatic rings. The van der Waals surface area contributed by atoms with Gasteiger partial charge in [-0.25, -0.2) is 0 Å². The van der Waals surface area contributed by atoms with Crippen LogP contribution in [0, 0.1) is 0 Å². The maximum Gasteiger partial charge on any atom is 0.479 e. The second-order valence-electron chi connectivity index (χ2n) is 18.4. The molecular formula is C50H74BN3Ti. The van der Waals surface area contributed by atoms with Crippen molar-refractivity contribution in [2.24, 2.45) is 0 Å². The molecule has 0 aliphatic heterocycles. The Morgan fingerprint density at radius 1 is 0.309 bits per heavy atom. The van der Waals surface area contributed by atoms with Crippen LogP contribution < -0.4 is 9.62 Å². The molecule has 0 spiro atoms. The molecule has 5 heteroatoms. The van der Waals surface area contributed by atoms with Gasteiger partial charge in [-0.2, -0.15) is 0 Å². The van der Waals surface area contributed by atoms with Gasteiger partial charge >= 0.3 is 7.12 Å². The summed E-state index contributed by atoms with van der Waals surface area (Å²) in [6.45, 7) is 38.0. The van der Waals surface area contributed by atoms with Gasteiger partial charge in [-0.1, -0.05) is 184 Å². The Labute approximate surface area is 353 Å². The summed E-state index contributed by atoms with van der Waals surface area (Å²) in [5.74, 6) is 2.63. The van der Waals surface area contributed by atoms with Crippen molar-refractivity contribution in [1.29, 1.82) is 0 Å². The van der Waals surface area contributed by atoms with Gasteiger partial charge in [0.1, 0.15) is 0 Å². The third kappa shape index (κ3) is 9.68. The smallest absolute Gasteiger partial charge is 0.350 e. The van der Waals surface area contributed by atoms with E-state index >= 15 is 0 Å². The van der Waals surface area contributed by atoms with Gasteiger partial charge < -0.3 is 14.4 Å². The second-order valence-corrected chi connectivity index (χ2v) is 18.4. The normalized spacial score (nSPS) is 12.1. The molecule has 296 valence electrons. The first-order valence-electron chi connectivity index (χ1n) is 21.1. The Bertz CT molecular complexity index is 1490. The number of rotatable bonds is 15. The van der Waals surface area contributed by atoms with E-state index in [1.165, 1.54) is 67.3 Å². The minimum atomic E-state index is -0.213. The van der Waals surface area contributed by atoms with E-state index in [9.17, 15) is 0 Å². The van der Waals surface area contributed by atoms with Crippen molar-refractivity contribution in [1.82, 2.24) is 4.81 Å². The van der Waals surface area contributed by atoms with Gasteiger partial charge in [-0.05, 0) is 106 Å². The molecular weight excluding hydrogens is 701 g/mol. The van der Waals surface area contributed by atoms with Crippen molar-refractivity contribution >= 4 is 29.9 Å². The predicted octanol–water partition coefficient (Wildman–Crippen LogP) is 15.2. The SMILES string of the molecule is CC(C)c1cccc(C(C)C)c1N(B(N(C)C)N(c1c(C(C)C)cccc1C(C)C)c1c(C(C)C)cccc1C(C)C)c1c(C(C)C)cccc1C(C)C.[Ti]. The van der Waals surface area contributed by atoms with Crippen molar-refractivity contribution in [3.63, 3.8) is 0 Å². The summed E-state index contributed by atoms with van der Waals surface area (Å²) >= 11 is 0. The fourth-order valence-corrected chi connectivity index (χ4v) is 8.42. The molecule has 4 rings (SSSR count). The summed E-state index contributed by atoms with van der Waals surface area (Å²) in [7, 11) is 4.41. The van der Waals surface area contributed by atoms with Gasteiger partial charge in [0.05, 0.1) is 0 Å². The molecule has 0 N–H and O–H groups in total. The Morgan fingerprint density at radius 3 is 0.564 bits per heavy atom. The van der Waals surface area contributed by atoms with E-state index in [0.717, 1.165) is 0 Å². The largest absolute Gasteiger partial charge is 0.479 e. The molecule has 4 aromatic carbocycles. The molecule has 0 saturated heterocycles. The van der Waals surface area contributed by atoms with E-state index in [2.05, 4.69) is 212 Å². The number of nitrogens with zero attached hydrogens (tertiary/aromatic N) is 3. The van der Waals surface area contributed by atoms with E-state index < -0.39 is 0 Å². The minimum Gasteiger partial charge on any atom is -0.350 e. The number of hydrogen-bond donors (Lipinski definition) is 0. The molecule has 0 bridgehead atoms. The molecule has 3 nitrogen and oxygen atoms in total. The number of hydrogen-bond acceptors (Lipinski definition) is 3. The molecule has 55 heavy (non-hydrogen) atoms. The number of anilines is 4. The van der Waals surface area contributed by atoms with Crippen LogP contribution >= 0.6 is 0 Å². The molecule has 0 fully saturated rings. The fourth-order valence-electron chi connectivity index (χ4n) is 8.42. The molecule has 4 aromatic rings. The summed E-state index contributed by atoms with van der Waals surface area (Å²) in [6.07, 6.45) is 0. The number of benzene rings is 4. The first-order valence-corrected chi connectivity index (χ1v) is 21.1. The van der Waals surface area contributed by atoms with Crippen LogP contribution in [0.4, 0.5) is 22.7 Å². The third-order valence-electron chi connectivity index (χ3n) is 11.3. The van der Waals surface area contributed by atoms with E-state index in [0.29, 0.717) is 47.3 Å². The quantitative estimate of drug-likeness (QED) is 0.111. The van der Waals surface area contributed by atoms with Crippen molar-refractivity contribution in [2.75, 3.05) is 23.7 Å². The van der Waals surface area contributed by atoms with Gasteiger partial charge in [-0.15, -0.1) is 0 Å². The summed E-state index contributed by atoms with van der Waals surface area (Å²) < 4.78 is 0. The predicted molar refractivity (Wildman–Crippen MR) is 242 cm³/mol. The van der Waals surface area contributed by atoms with E-state index in [-0.39, 0.29) is 28.8 Å². The van der Waals surface area contributed by atoms with Crippen molar-refractivity contribution < 1.29 is 21.7 Å². The molecule has 0 heterocycles. The van der Waals surface area contributed by atoms with Gasteiger partial charge in [-0.3, -0.25) is 0 Å². The van der Waals surface area contributed by atoms with Crippen LogP contribution in [0.15, 0.2) is 72.8 Å². The molecule has 0 aromatic heterocycles. The second kappa shape index (κ2) is 19.6. The van der Waals surface area contributed by atoms with Crippen LogP contribution in [-0.2, 0) is 21.7 Å². The molecule has 0 atom stereocenters. The van der Waals surface area contributed by atoms with Crippen molar-refractivity contribution in [3.8, 4) is 0 Å². The zero-order valence-corrected chi connectivity index (χ0v) is 39.5. The molecule has 0 saturated carbocycles. The zero-order chi connectivity index (χ0) is 40.3. The maximum absolute atomic E-state index is 2.82. The van der Waals surface area contributed by atoms with Gasteiger partial charge in [0.25, 0.3) is 0 Å². The maximum atomic E-state index is 2.82. The first kappa shape index (κ1) is 46.6. The van der Waals surface area contributed by atoms with Gasteiger partial charge in [0.2, 0.25) is 0 Å². The van der Waals surface area contributed by atoms with E-state index in [1.807, 2.05) is 0 Å². The summed E-state index contributed by atoms with van der Waals surface area (Å²) in [4.78, 5) is 8.14. The topological polar surface area (TPSA) is 9.72 Å². The van der Waals surface area contributed by atoms with E-state index in [4.69, 9.17) is 0 Å². The fraction of sp³-hybridized carbons (Fsp3) is 0.520. The summed E-state index contributed by atoms with van der Waals surface area (Å²) in [6, 6.07) is 28.3. The van der Waals surface area contributed by atoms with Crippen LogP contribution in [-0.4, -0.2) is 26.0 Å². The van der Waals surface area contributed by atoms with Crippen LogP contribution in [0.25, 0.3) is 0 Å². The van der Waals surface area contributed by atoms with Crippen molar-refractivity contribution in [3.05, 3.63) is 117 Å². The Kier molecular flexibility index (Phi) is 16.6. The molecule has 0 amide bonds. The number of para-hydroxylation sites is 4. The van der Waals surface area contributed by atoms with Gasteiger partial charge in [0.15, 0.2) is 0 Å². The standard InChI is InChI=1S/C50H74BN3.Ti/c1-31(2)39-23-19-24-40(32(3)4)47(39)53(48-41(33(5)6)25-20-26-42(48)34(7)8)51(52(17)18)54(49-43(35(9)10)27-21-28-44(49)36(11)12)50-45(37(13)14)29-22-30-46(50)38(15)16;/h19-38H,1-18H3;. The zero-order valence-electron chi connectivity index (χ0n) is 38.0. The first-order chi connectivity index (χ1) is 25.3. The minimum absolute atomic E-state index is 0. The van der Waals surface area contributed by atoms with Crippen molar-refractivity contribution in [2.45, 2.75) is 158 Å². The molecule has 0 radical (unpaired) electrons. The monoisotopic (exact) mass is 776 g/mol. The van der Waals surface area contributed by atoms with Crippen LogP contribution in [0.2, 0.25) is 0 Å². The average molecular weight is 776 g/mol. The Morgan fingerprint density at radius 2 is 0.455 bits per heavy atom.